The molecular formula is C18H25ClN2O3. The molecule has 0 aromatic heterocycles. The van der Waals surface area contributed by atoms with E-state index in [4.69, 9.17) is 16.3 Å². The lowest BCUT2D eigenvalue weighted by molar-refractivity contribution is -0.128. The van der Waals surface area contributed by atoms with Crippen LogP contribution in [0.25, 0.3) is 0 Å². The van der Waals surface area contributed by atoms with Gasteiger partial charge in [-0.1, -0.05) is 18.5 Å². The smallest absolute Gasteiger partial charge is 0.227 e. The summed E-state index contributed by atoms with van der Waals surface area (Å²) in [5, 5.41) is 6.38. The molecule has 2 amide bonds. The number of halogens is 1. The Labute approximate surface area is 148 Å². The van der Waals surface area contributed by atoms with Gasteiger partial charge in [0, 0.05) is 23.4 Å². The summed E-state index contributed by atoms with van der Waals surface area (Å²) in [6, 6.07) is 5.13. The van der Waals surface area contributed by atoms with Gasteiger partial charge < -0.3 is 15.4 Å². The van der Waals surface area contributed by atoms with Crippen LogP contribution in [-0.4, -0.2) is 25.5 Å². The van der Waals surface area contributed by atoms with Crippen LogP contribution in [0.3, 0.4) is 0 Å². The van der Waals surface area contributed by atoms with E-state index in [-0.39, 0.29) is 23.7 Å². The normalized spacial score (nSPS) is 20.3. The van der Waals surface area contributed by atoms with Gasteiger partial charge in [0.2, 0.25) is 11.8 Å². The van der Waals surface area contributed by atoms with Gasteiger partial charge in [-0.2, -0.15) is 0 Å². The van der Waals surface area contributed by atoms with Crippen LogP contribution in [0.2, 0.25) is 5.02 Å². The number of methoxy groups -OCH3 is 1. The Hall–Kier alpha value is -1.75. The van der Waals surface area contributed by atoms with E-state index >= 15 is 0 Å². The van der Waals surface area contributed by atoms with Crippen LogP contribution in [0.5, 0.6) is 5.75 Å². The second-order valence-corrected chi connectivity index (χ2v) is 6.61. The van der Waals surface area contributed by atoms with Crippen molar-refractivity contribution in [2.75, 3.05) is 19.0 Å². The highest BCUT2D eigenvalue weighted by Crippen LogP contribution is 2.32. The lowest BCUT2D eigenvalue weighted by Crippen LogP contribution is -2.35. The van der Waals surface area contributed by atoms with Gasteiger partial charge in [-0.15, -0.1) is 0 Å². The standard InChI is InChI=1S/C18H25ClN2O3/c1-3-10-20-17(22)12-4-6-13(7-5-12)18(23)21-15-11-14(19)8-9-16(15)24-2/h8-9,11-13H,3-7,10H2,1-2H3,(H,20,22)(H,21,23). The Kier molecular flexibility index (Phi) is 6.91. The van der Waals surface area contributed by atoms with Gasteiger partial charge in [-0.25, -0.2) is 0 Å². The summed E-state index contributed by atoms with van der Waals surface area (Å²) in [7, 11) is 1.55. The number of carbonyl (C=O) groups is 2. The summed E-state index contributed by atoms with van der Waals surface area (Å²) >= 11 is 5.99. The second-order valence-electron chi connectivity index (χ2n) is 6.17. The van der Waals surface area contributed by atoms with Crippen molar-refractivity contribution in [3.05, 3.63) is 23.2 Å². The van der Waals surface area contributed by atoms with Gasteiger partial charge in [0.15, 0.2) is 0 Å². The van der Waals surface area contributed by atoms with Crippen LogP contribution in [-0.2, 0) is 9.59 Å². The van der Waals surface area contributed by atoms with Crippen LogP contribution in [0.1, 0.15) is 39.0 Å². The van der Waals surface area contributed by atoms with E-state index in [2.05, 4.69) is 10.6 Å². The molecule has 1 aliphatic carbocycles. The van der Waals surface area contributed by atoms with Crippen LogP contribution < -0.4 is 15.4 Å². The molecule has 0 radical (unpaired) electrons. The van der Waals surface area contributed by atoms with Gasteiger partial charge >= 0.3 is 0 Å². The van der Waals surface area contributed by atoms with E-state index in [0.717, 1.165) is 32.1 Å². The first kappa shape index (κ1) is 18.6. The molecule has 1 aromatic carbocycles. The number of amides is 2. The van der Waals surface area contributed by atoms with Gasteiger partial charge in [0.1, 0.15) is 5.75 Å². The summed E-state index contributed by atoms with van der Waals surface area (Å²) in [5.41, 5.74) is 0.581. The van der Waals surface area contributed by atoms with Crippen molar-refractivity contribution in [3.8, 4) is 5.75 Å². The predicted molar refractivity (Wildman–Crippen MR) is 95.4 cm³/mol. The van der Waals surface area contributed by atoms with Crippen LogP contribution >= 0.6 is 11.6 Å². The number of anilines is 1. The zero-order valence-corrected chi connectivity index (χ0v) is 15.0. The maximum atomic E-state index is 12.5. The Bertz CT molecular complexity index is 584. The lowest BCUT2D eigenvalue weighted by atomic mass is 9.81. The van der Waals surface area contributed by atoms with E-state index in [0.29, 0.717) is 23.0 Å². The molecule has 0 heterocycles. The summed E-state index contributed by atoms with van der Waals surface area (Å²) in [4.78, 5) is 24.5. The third-order valence-electron chi connectivity index (χ3n) is 4.44. The molecule has 24 heavy (non-hydrogen) atoms. The van der Waals surface area contributed by atoms with Gasteiger partial charge in [0.05, 0.1) is 12.8 Å². The second kappa shape index (κ2) is 8.92. The Morgan fingerprint density at radius 2 is 1.79 bits per heavy atom. The third kappa shape index (κ3) is 4.87. The summed E-state index contributed by atoms with van der Waals surface area (Å²) in [6.45, 7) is 2.75. The molecule has 0 bridgehead atoms. The summed E-state index contributed by atoms with van der Waals surface area (Å²) < 4.78 is 5.25. The molecule has 1 fully saturated rings. The molecular weight excluding hydrogens is 328 g/mol. The molecule has 6 heteroatoms. The average molecular weight is 353 g/mol. The van der Waals surface area contributed by atoms with Gasteiger partial charge in [-0.05, 0) is 50.3 Å². The van der Waals surface area contributed by atoms with Crippen LogP contribution in [0, 0.1) is 11.8 Å². The average Bonchev–Trinajstić information content (AvgIpc) is 2.60. The SMILES string of the molecule is CCCNC(=O)C1CCC(C(=O)Nc2cc(Cl)ccc2OC)CC1. The van der Waals surface area contributed by atoms with E-state index in [9.17, 15) is 9.59 Å². The molecule has 2 rings (SSSR count). The number of hydrogen-bond acceptors (Lipinski definition) is 3. The largest absolute Gasteiger partial charge is 0.495 e. The van der Waals surface area contributed by atoms with Crippen molar-refractivity contribution in [2.45, 2.75) is 39.0 Å². The highest BCUT2D eigenvalue weighted by Gasteiger charge is 2.30. The minimum absolute atomic E-state index is 0.0290. The Morgan fingerprint density at radius 3 is 2.38 bits per heavy atom. The monoisotopic (exact) mass is 352 g/mol. The lowest BCUT2D eigenvalue weighted by Gasteiger charge is -2.27. The number of hydrogen-bond donors (Lipinski definition) is 2. The highest BCUT2D eigenvalue weighted by atomic mass is 35.5. The number of ether oxygens (including phenoxy) is 1. The molecule has 0 unspecified atom stereocenters. The minimum Gasteiger partial charge on any atom is -0.495 e. The first-order valence-electron chi connectivity index (χ1n) is 8.47. The quantitative estimate of drug-likeness (QED) is 0.821. The molecule has 0 atom stereocenters. The molecule has 1 saturated carbocycles. The third-order valence-corrected chi connectivity index (χ3v) is 4.67. The zero-order valence-electron chi connectivity index (χ0n) is 14.2. The molecule has 1 aliphatic rings. The van der Waals surface area contributed by atoms with E-state index in [1.807, 2.05) is 6.92 Å². The molecule has 2 N–H and O–H groups in total. The zero-order chi connectivity index (χ0) is 17.5. The topological polar surface area (TPSA) is 67.4 Å². The molecule has 1 aromatic rings. The number of benzene rings is 1. The van der Waals surface area contributed by atoms with Gasteiger partial charge in [-0.3, -0.25) is 9.59 Å². The molecule has 132 valence electrons. The molecule has 0 spiro atoms. The van der Waals surface area contributed by atoms with Crippen LogP contribution in [0.4, 0.5) is 5.69 Å². The van der Waals surface area contributed by atoms with Crippen molar-refractivity contribution in [2.24, 2.45) is 11.8 Å². The van der Waals surface area contributed by atoms with Crippen molar-refractivity contribution in [1.29, 1.82) is 0 Å². The van der Waals surface area contributed by atoms with Crippen molar-refractivity contribution in [3.63, 3.8) is 0 Å². The fraction of sp³-hybridized carbons (Fsp3) is 0.556. The molecule has 5 nitrogen and oxygen atoms in total. The first-order chi connectivity index (χ1) is 11.5. The summed E-state index contributed by atoms with van der Waals surface area (Å²) in [5.74, 6) is 0.612. The molecule has 0 saturated heterocycles. The van der Waals surface area contributed by atoms with E-state index < -0.39 is 0 Å². The summed E-state index contributed by atoms with van der Waals surface area (Å²) in [6.07, 6.45) is 3.88. The fourth-order valence-electron chi connectivity index (χ4n) is 3.02. The highest BCUT2D eigenvalue weighted by molar-refractivity contribution is 6.31. The molecule has 0 aliphatic heterocycles. The predicted octanol–water partition coefficient (Wildman–Crippen LogP) is 3.62. The Morgan fingerprint density at radius 1 is 1.17 bits per heavy atom. The number of rotatable bonds is 6. The number of nitrogens with one attached hydrogen (secondary N) is 2. The van der Waals surface area contributed by atoms with Crippen molar-refractivity contribution >= 4 is 29.1 Å². The van der Waals surface area contributed by atoms with Crippen molar-refractivity contribution < 1.29 is 14.3 Å². The Balaban J connectivity index is 1.89. The van der Waals surface area contributed by atoms with Crippen LogP contribution in [0.15, 0.2) is 18.2 Å². The maximum Gasteiger partial charge on any atom is 0.227 e. The van der Waals surface area contributed by atoms with E-state index in [1.54, 1.807) is 25.3 Å². The minimum atomic E-state index is -0.0797. The fourth-order valence-corrected chi connectivity index (χ4v) is 3.20. The van der Waals surface area contributed by atoms with E-state index in [1.165, 1.54) is 0 Å². The van der Waals surface area contributed by atoms with Gasteiger partial charge in [0.25, 0.3) is 0 Å². The van der Waals surface area contributed by atoms with Crippen molar-refractivity contribution in [1.82, 2.24) is 5.32 Å². The number of carbonyl (C=O) groups excluding carboxylic acids is 2. The maximum absolute atomic E-state index is 12.5. The first-order valence-corrected chi connectivity index (χ1v) is 8.85.